The van der Waals surface area contributed by atoms with Crippen molar-refractivity contribution in [2.24, 2.45) is 0 Å². The first-order valence-electron chi connectivity index (χ1n) is 19.5. The average Bonchev–Trinajstić information content (AvgIpc) is 4.00. The van der Waals surface area contributed by atoms with Gasteiger partial charge in [-0.1, -0.05) is 133 Å². The Morgan fingerprint density at radius 1 is 0.356 bits per heavy atom. The van der Waals surface area contributed by atoms with Crippen LogP contribution >= 0.6 is 22.7 Å². The van der Waals surface area contributed by atoms with Crippen LogP contribution in [0.1, 0.15) is 0 Å². The molecule has 5 nitrogen and oxygen atoms in total. The van der Waals surface area contributed by atoms with Crippen LogP contribution < -0.4 is 0 Å². The zero-order valence-corrected chi connectivity index (χ0v) is 33.1. The minimum absolute atomic E-state index is 0.658. The van der Waals surface area contributed by atoms with Crippen molar-refractivity contribution in [1.82, 2.24) is 24.5 Å². The minimum Gasteiger partial charge on any atom is -0.292 e. The number of thiophene rings is 2. The molecule has 4 heterocycles. The molecule has 0 aliphatic heterocycles. The number of fused-ring (bicyclic) bond motifs is 7. The second-order valence-corrected chi connectivity index (χ2v) is 16.8. The van der Waals surface area contributed by atoms with E-state index < -0.39 is 0 Å². The van der Waals surface area contributed by atoms with E-state index in [1.807, 2.05) is 30.3 Å². The maximum absolute atomic E-state index is 5.20. The molecule has 276 valence electrons. The zero-order valence-electron chi connectivity index (χ0n) is 31.5. The third kappa shape index (κ3) is 5.74. The molecular weight excluding hydrogens is 759 g/mol. The summed E-state index contributed by atoms with van der Waals surface area (Å²) in [6, 6.07) is 66.2. The van der Waals surface area contributed by atoms with Crippen LogP contribution in [-0.2, 0) is 0 Å². The molecule has 0 bridgehead atoms. The van der Waals surface area contributed by atoms with Crippen molar-refractivity contribution in [3.8, 4) is 62.4 Å². The molecular formula is C52H31N5S2. The van der Waals surface area contributed by atoms with E-state index in [1.54, 1.807) is 22.7 Å². The summed E-state index contributed by atoms with van der Waals surface area (Å²) < 4.78 is 7.12. The van der Waals surface area contributed by atoms with Crippen molar-refractivity contribution >= 4 is 74.1 Å². The topological polar surface area (TPSA) is 56.5 Å². The number of nitrogens with zero attached hydrogens (tertiary/aromatic N) is 5. The molecule has 0 atom stereocenters. The summed E-state index contributed by atoms with van der Waals surface area (Å²) in [5, 5.41) is 4.93. The normalized spacial score (nSPS) is 11.7. The van der Waals surface area contributed by atoms with Gasteiger partial charge in [-0.25, -0.2) is 19.9 Å². The SMILES string of the molecule is c1ccc(-c2nc(-c3ccc4c(c3)sc3ccccc34)nc(-c3cccc4c3sc3ccc(-c5ccc(-c6nc7ccccc7n6-c6ccccc6)cc5)cc34)n2)cc1. The molecule has 12 aromatic rings. The highest BCUT2D eigenvalue weighted by atomic mass is 32.1. The van der Waals surface area contributed by atoms with Crippen molar-refractivity contribution in [1.29, 1.82) is 0 Å². The van der Waals surface area contributed by atoms with Crippen molar-refractivity contribution in [2.45, 2.75) is 0 Å². The first-order valence-corrected chi connectivity index (χ1v) is 21.2. The summed E-state index contributed by atoms with van der Waals surface area (Å²) in [6.45, 7) is 0. The Labute approximate surface area is 347 Å². The number of aromatic nitrogens is 5. The fraction of sp³-hybridized carbons (Fsp3) is 0. The molecule has 0 spiro atoms. The van der Waals surface area contributed by atoms with Crippen molar-refractivity contribution in [3.05, 3.63) is 188 Å². The van der Waals surface area contributed by atoms with Crippen LogP contribution in [0.15, 0.2) is 188 Å². The van der Waals surface area contributed by atoms with Crippen molar-refractivity contribution < 1.29 is 0 Å². The summed E-state index contributed by atoms with van der Waals surface area (Å²) >= 11 is 3.59. The Morgan fingerprint density at radius 2 is 1.00 bits per heavy atom. The summed E-state index contributed by atoms with van der Waals surface area (Å²) in [7, 11) is 0. The number of imidazole rings is 1. The van der Waals surface area contributed by atoms with Crippen LogP contribution in [0.5, 0.6) is 0 Å². The predicted octanol–water partition coefficient (Wildman–Crippen LogP) is 14.3. The molecule has 4 aromatic heterocycles. The predicted molar refractivity (Wildman–Crippen MR) is 247 cm³/mol. The Morgan fingerprint density at radius 3 is 1.86 bits per heavy atom. The summed E-state index contributed by atoms with van der Waals surface area (Å²) in [5.74, 6) is 2.91. The lowest BCUT2D eigenvalue weighted by molar-refractivity contribution is 1.08. The lowest BCUT2D eigenvalue weighted by Crippen LogP contribution is -2.00. The van der Waals surface area contributed by atoms with E-state index in [9.17, 15) is 0 Å². The standard InChI is InChI=1S/C52H31N5S2/c1-3-12-33(13-4-1)49-54-50(36-26-28-39-38-16-7-10-21-45(38)58-47(39)31-36)56-51(55-49)41-18-11-17-40-42-30-35(27-29-46(42)59-48(40)41)32-22-24-34(25-23-32)52-53-43-19-8-9-20-44(43)57(52)37-14-5-2-6-15-37/h1-31H. The van der Waals surface area contributed by atoms with Crippen LogP contribution in [0, 0.1) is 0 Å². The molecule has 0 unspecified atom stereocenters. The number of benzene rings is 8. The van der Waals surface area contributed by atoms with Crippen molar-refractivity contribution in [3.63, 3.8) is 0 Å². The Hall–Kier alpha value is -7.32. The highest BCUT2D eigenvalue weighted by molar-refractivity contribution is 7.26. The minimum atomic E-state index is 0.658. The number of para-hydroxylation sites is 3. The van der Waals surface area contributed by atoms with Crippen LogP contribution in [0.3, 0.4) is 0 Å². The number of rotatable bonds is 6. The quantitative estimate of drug-likeness (QED) is 0.168. The maximum atomic E-state index is 5.20. The molecule has 12 rings (SSSR count). The summed E-state index contributed by atoms with van der Waals surface area (Å²) in [6.07, 6.45) is 0. The Balaban J connectivity index is 0.948. The third-order valence-corrected chi connectivity index (χ3v) is 13.4. The number of hydrogen-bond donors (Lipinski definition) is 0. The van der Waals surface area contributed by atoms with Gasteiger partial charge in [0.2, 0.25) is 0 Å². The molecule has 0 saturated heterocycles. The van der Waals surface area contributed by atoms with Crippen LogP contribution in [-0.4, -0.2) is 24.5 Å². The molecule has 0 fully saturated rings. The second kappa shape index (κ2) is 13.7. The first-order chi connectivity index (χ1) is 29.2. The van der Waals surface area contributed by atoms with Gasteiger partial charge in [-0.15, -0.1) is 22.7 Å². The molecule has 8 aromatic carbocycles. The molecule has 0 radical (unpaired) electrons. The highest BCUT2D eigenvalue weighted by Gasteiger charge is 2.19. The third-order valence-electron chi connectivity index (χ3n) is 11.1. The van der Waals surface area contributed by atoms with Gasteiger partial charge >= 0.3 is 0 Å². The van der Waals surface area contributed by atoms with E-state index in [2.05, 4.69) is 162 Å². The monoisotopic (exact) mass is 789 g/mol. The van der Waals surface area contributed by atoms with E-state index in [1.165, 1.54) is 35.6 Å². The fourth-order valence-corrected chi connectivity index (χ4v) is 10.6. The zero-order chi connectivity index (χ0) is 38.9. The van der Waals surface area contributed by atoms with E-state index in [-0.39, 0.29) is 0 Å². The van der Waals surface area contributed by atoms with E-state index in [0.717, 1.165) is 60.6 Å². The van der Waals surface area contributed by atoms with Gasteiger partial charge in [-0.05, 0) is 65.7 Å². The van der Waals surface area contributed by atoms with Gasteiger partial charge in [0.05, 0.1) is 11.0 Å². The summed E-state index contributed by atoms with van der Waals surface area (Å²) in [4.78, 5) is 20.5. The largest absolute Gasteiger partial charge is 0.292 e. The fourth-order valence-electron chi connectivity index (χ4n) is 8.23. The van der Waals surface area contributed by atoms with Gasteiger partial charge in [-0.3, -0.25) is 4.57 Å². The Kier molecular flexibility index (Phi) is 7.82. The van der Waals surface area contributed by atoms with Gasteiger partial charge in [0.15, 0.2) is 17.5 Å². The number of hydrogen-bond acceptors (Lipinski definition) is 6. The average molecular weight is 790 g/mol. The van der Waals surface area contributed by atoms with Crippen molar-refractivity contribution in [2.75, 3.05) is 0 Å². The molecule has 0 aliphatic carbocycles. The molecule has 0 saturated carbocycles. The lowest BCUT2D eigenvalue weighted by atomic mass is 10.0. The van der Waals surface area contributed by atoms with Gasteiger partial charge in [0, 0.05) is 68.3 Å². The molecule has 7 heteroatoms. The van der Waals surface area contributed by atoms with Gasteiger partial charge in [-0.2, -0.15) is 0 Å². The lowest BCUT2D eigenvalue weighted by Gasteiger charge is -2.10. The van der Waals surface area contributed by atoms with E-state index >= 15 is 0 Å². The Bertz CT molecular complexity index is 3550. The highest BCUT2D eigenvalue weighted by Crippen LogP contribution is 2.42. The van der Waals surface area contributed by atoms with Crippen LogP contribution in [0.25, 0.3) is 114 Å². The van der Waals surface area contributed by atoms with E-state index in [4.69, 9.17) is 19.9 Å². The molecule has 0 aliphatic rings. The molecule has 0 amide bonds. The van der Waals surface area contributed by atoms with Crippen LogP contribution in [0.2, 0.25) is 0 Å². The maximum Gasteiger partial charge on any atom is 0.165 e. The van der Waals surface area contributed by atoms with Crippen LogP contribution in [0.4, 0.5) is 0 Å². The van der Waals surface area contributed by atoms with E-state index in [0.29, 0.717) is 17.5 Å². The second-order valence-electron chi connectivity index (χ2n) is 14.6. The smallest absolute Gasteiger partial charge is 0.165 e. The first kappa shape index (κ1) is 33.8. The van der Waals surface area contributed by atoms with Gasteiger partial charge in [0.25, 0.3) is 0 Å². The van der Waals surface area contributed by atoms with Gasteiger partial charge in [0.1, 0.15) is 5.82 Å². The van der Waals surface area contributed by atoms with Gasteiger partial charge < -0.3 is 0 Å². The summed E-state index contributed by atoms with van der Waals surface area (Å²) in [5.41, 5.74) is 9.46. The molecule has 59 heavy (non-hydrogen) atoms. The molecule has 0 N–H and O–H groups in total.